The number of pyridine rings is 1. The summed E-state index contributed by atoms with van der Waals surface area (Å²) in [5, 5.41) is 4.21. The Bertz CT molecular complexity index is 527. The zero-order chi connectivity index (χ0) is 12.5. The van der Waals surface area contributed by atoms with E-state index in [2.05, 4.69) is 36.0 Å². The molecule has 96 valence electrons. The summed E-state index contributed by atoms with van der Waals surface area (Å²) in [5.74, 6) is 0. The van der Waals surface area contributed by atoms with Crippen molar-refractivity contribution in [2.75, 3.05) is 13.1 Å². The molecule has 0 amide bonds. The third-order valence-electron chi connectivity index (χ3n) is 3.37. The lowest BCUT2D eigenvalue weighted by Gasteiger charge is -2.35. The van der Waals surface area contributed by atoms with Crippen molar-refractivity contribution in [3.05, 3.63) is 36.2 Å². The number of morpholine rings is 1. The van der Waals surface area contributed by atoms with Gasteiger partial charge in [0.15, 0.2) is 0 Å². The Morgan fingerprint density at radius 1 is 1.28 bits per heavy atom. The number of nitrogens with zero attached hydrogens (tertiary/aromatic N) is 3. The second-order valence-corrected chi connectivity index (χ2v) is 5.19. The van der Waals surface area contributed by atoms with Crippen molar-refractivity contribution in [3.8, 4) is 0 Å². The first-order chi connectivity index (χ1) is 8.70. The molecule has 2 aromatic rings. The molecular formula is C14H19N3O. The van der Waals surface area contributed by atoms with E-state index >= 15 is 0 Å². The molecule has 0 bridgehead atoms. The van der Waals surface area contributed by atoms with Crippen LogP contribution in [-0.2, 0) is 11.3 Å². The van der Waals surface area contributed by atoms with Crippen LogP contribution < -0.4 is 0 Å². The Kier molecular flexibility index (Phi) is 3.06. The lowest BCUT2D eigenvalue weighted by molar-refractivity contribution is -0.0704. The third-order valence-corrected chi connectivity index (χ3v) is 3.37. The molecule has 4 nitrogen and oxygen atoms in total. The van der Waals surface area contributed by atoms with Gasteiger partial charge in [0.2, 0.25) is 0 Å². The van der Waals surface area contributed by atoms with E-state index in [0.717, 1.165) is 25.2 Å². The fourth-order valence-electron chi connectivity index (χ4n) is 2.74. The fraction of sp³-hybridized carbons (Fsp3) is 0.500. The largest absolute Gasteiger partial charge is 0.373 e. The zero-order valence-corrected chi connectivity index (χ0v) is 10.9. The van der Waals surface area contributed by atoms with Crippen molar-refractivity contribution in [3.63, 3.8) is 0 Å². The van der Waals surface area contributed by atoms with Gasteiger partial charge < -0.3 is 4.74 Å². The van der Waals surface area contributed by atoms with Crippen molar-refractivity contribution in [1.29, 1.82) is 0 Å². The Morgan fingerprint density at radius 2 is 2.06 bits per heavy atom. The van der Waals surface area contributed by atoms with Gasteiger partial charge in [-0.3, -0.25) is 4.90 Å². The molecule has 1 fully saturated rings. The summed E-state index contributed by atoms with van der Waals surface area (Å²) < 4.78 is 7.65. The van der Waals surface area contributed by atoms with Gasteiger partial charge in [-0.15, -0.1) is 0 Å². The van der Waals surface area contributed by atoms with Gasteiger partial charge in [-0.2, -0.15) is 5.10 Å². The maximum Gasteiger partial charge on any atom is 0.0678 e. The van der Waals surface area contributed by atoms with Crippen LogP contribution in [0.1, 0.15) is 19.4 Å². The molecular weight excluding hydrogens is 226 g/mol. The number of fused-ring (bicyclic) bond motifs is 1. The van der Waals surface area contributed by atoms with E-state index in [1.54, 1.807) is 0 Å². The molecule has 0 aromatic carbocycles. The van der Waals surface area contributed by atoms with E-state index in [1.807, 2.05) is 23.0 Å². The van der Waals surface area contributed by atoms with E-state index in [-0.39, 0.29) is 0 Å². The molecule has 1 aliphatic heterocycles. The number of rotatable bonds is 2. The van der Waals surface area contributed by atoms with E-state index in [0.29, 0.717) is 12.2 Å². The molecule has 4 heteroatoms. The Morgan fingerprint density at radius 3 is 2.83 bits per heavy atom. The summed E-state index contributed by atoms with van der Waals surface area (Å²) in [6, 6.07) is 6.39. The van der Waals surface area contributed by atoms with Gasteiger partial charge in [-0.1, -0.05) is 0 Å². The molecule has 0 aliphatic carbocycles. The third kappa shape index (κ3) is 2.40. The average Bonchev–Trinajstić information content (AvgIpc) is 2.74. The Hall–Kier alpha value is -1.39. The summed E-state index contributed by atoms with van der Waals surface area (Å²) in [7, 11) is 0. The van der Waals surface area contributed by atoms with E-state index in [1.165, 1.54) is 5.56 Å². The summed E-state index contributed by atoms with van der Waals surface area (Å²) in [6.07, 6.45) is 4.51. The first-order valence-electron chi connectivity index (χ1n) is 6.51. The molecule has 0 saturated carbocycles. The molecule has 0 spiro atoms. The highest BCUT2D eigenvalue weighted by Gasteiger charge is 2.21. The zero-order valence-electron chi connectivity index (χ0n) is 10.9. The second-order valence-electron chi connectivity index (χ2n) is 5.19. The highest BCUT2D eigenvalue weighted by molar-refractivity contribution is 5.47. The highest BCUT2D eigenvalue weighted by atomic mass is 16.5. The topological polar surface area (TPSA) is 29.8 Å². The summed E-state index contributed by atoms with van der Waals surface area (Å²) in [5.41, 5.74) is 2.49. The smallest absolute Gasteiger partial charge is 0.0678 e. The molecule has 0 radical (unpaired) electrons. The van der Waals surface area contributed by atoms with Crippen LogP contribution >= 0.6 is 0 Å². The summed E-state index contributed by atoms with van der Waals surface area (Å²) in [4.78, 5) is 2.46. The van der Waals surface area contributed by atoms with Crippen LogP contribution in [-0.4, -0.2) is 39.8 Å². The van der Waals surface area contributed by atoms with Gasteiger partial charge in [0.25, 0.3) is 0 Å². The van der Waals surface area contributed by atoms with Crippen LogP contribution in [0.25, 0.3) is 5.52 Å². The van der Waals surface area contributed by atoms with Crippen LogP contribution in [0, 0.1) is 0 Å². The van der Waals surface area contributed by atoms with Crippen molar-refractivity contribution in [1.82, 2.24) is 14.5 Å². The molecule has 2 atom stereocenters. The lowest BCUT2D eigenvalue weighted by Crippen LogP contribution is -2.44. The van der Waals surface area contributed by atoms with Gasteiger partial charge in [-0.05, 0) is 37.6 Å². The van der Waals surface area contributed by atoms with Gasteiger partial charge in [-0.25, -0.2) is 4.52 Å². The standard InChI is InChI=1S/C14H19N3O/c1-11-8-16(9-12(2)18-11)10-13-4-6-17-14(7-13)3-5-15-17/h3-7,11-12H,8-10H2,1-2H3/t11-,12+. The number of ether oxygens (including phenoxy) is 1. The van der Waals surface area contributed by atoms with E-state index in [9.17, 15) is 0 Å². The van der Waals surface area contributed by atoms with E-state index in [4.69, 9.17) is 4.74 Å². The minimum absolute atomic E-state index is 0.326. The maximum atomic E-state index is 5.76. The Balaban J connectivity index is 1.74. The second kappa shape index (κ2) is 4.71. The number of aromatic nitrogens is 2. The molecule has 1 saturated heterocycles. The molecule has 0 unspecified atom stereocenters. The van der Waals surface area contributed by atoms with Crippen molar-refractivity contribution >= 4 is 5.52 Å². The SMILES string of the molecule is C[C@@H]1CN(Cc2ccn3nccc3c2)C[C@H](C)O1. The quantitative estimate of drug-likeness (QED) is 0.810. The highest BCUT2D eigenvalue weighted by Crippen LogP contribution is 2.15. The van der Waals surface area contributed by atoms with Crippen LogP contribution in [0.3, 0.4) is 0 Å². The molecule has 2 aromatic heterocycles. The van der Waals surface area contributed by atoms with Crippen LogP contribution in [0.2, 0.25) is 0 Å². The first-order valence-corrected chi connectivity index (χ1v) is 6.51. The molecule has 18 heavy (non-hydrogen) atoms. The molecule has 1 aliphatic rings. The average molecular weight is 245 g/mol. The van der Waals surface area contributed by atoms with Crippen LogP contribution in [0.15, 0.2) is 30.6 Å². The fourth-order valence-corrected chi connectivity index (χ4v) is 2.74. The van der Waals surface area contributed by atoms with Crippen molar-refractivity contribution < 1.29 is 4.74 Å². The minimum Gasteiger partial charge on any atom is -0.373 e. The molecule has 0 N–H and O–H groups in total. The molecule has 3 heterocycles. The normalized spacial score (nSPS) is 25.7. The predicted molar refractivity (Wildman–Crippen MR) is 70.5 cm³/mol. The van der Waals surface area contributed by atoms with Crippen molar-refractivity contribution in [2.45, 2.75) is 32.6 Å². The van der Waals surface area contributed by atoms with Gasteiger partial charge in [0, 0.05) is 32.0 Å². The summed E-state index contributed by atoms with van der Waals surface area (Å²) >= 11 is 0. The summed E-state index contributed by atoms with van der Waals surface area (Å²) in [6.45, 7) is 7.29. The predicted octanol–water partition coefficient (Wildman–Crippen LogP) is 1.94. The monoisotopic (exact) mass is 245 g/mol. The number of hydrogen-bond donors (Lipinski definition) is 0. The van der Waals surface area contributed by atoms with Gasteiger partial charge in [0.05, 0.1) is 17.7 Å². The molecule has 3 rings (SSSR count). The van der Waals surface area contributed by atoms with E-state index < -0.39 is 0 Å². The minimum atomic E-state index is 0.326. The number of hydrogen-bond acceptors (Lipinski definition) is 3. The van der Waals surface area contributed by atoms with Crippen LogP contribution in [0.4, 0.5) is 0 Å². The lowest BCUT2D eigenvalue weighted by atomic mass is 10.2. The Labute approximate surface area is 107 Å². The maximum absolute atomic E-state index is 5.76. The first kappa shape index (κ1) is 11.7. The van der Waals surface area contributed by atoms with Crippen LogP contribution in [0.5, 0.6) is 0 Å². The van der Waals surface area contributed by atoms with Gasteiger partial charge >= 0.3 is 0 Å². The van der Waals surface area contributed by atoms with Gasteiger partial charge in [0.1, 0.15) is 0 Å². The van der Waals surface area contributed by atoms with Crippen molar-refractivity contribution in [2.24, 2.45) is 0 Å².